The van der Waals surface area contributed by atoms with Gasteiger partial charge in [-0.05, 0) is 56.1 Å². The molecular formula is C34H40N6O9S4. The number of methoxy groups -OCH3 is 1. The number of aryl methyl sites for hydroxylation is 1. The maximum Gasteiger partial charge on any atom is 0.295 e. The van der Waals surface area contributed by atoms with Gasteiger partial charge in [-0.3, -0.25) is 19.1 Å². The molecule has 2 aromatic carbocycles. The topological polar surface area (TPSA) is 190 Å². The molecule has 19 heteroatoms. The number of nitrogens with zero attached hydrogens (tertiary/aromatic N) is 4. The fourth-order valence-electron chi connectivity index (χ4n) is 5.22. The van der Waals surface area contributed by atoms with Crippen molar-refractivity contribution in [1.29, 1.82) is 0 Å². The third kappa shape index (κ3) is 11.1. The fraction of sp³-hybridized carbons (Fsp3) is 0.324. The highest BCUT2D eigenvalue weighted by Crippen LogP contribution is 2.38. The minimum Gasteiger partial charge on any atom is -0.493 e. The van der Waals surface area contributed by atoms with Gasteiger partial charge in [-0.25, -0.2) is 13.4 Å². The second kappa shape index (κ2) is 17.6. The quantitative estimate of drug-likeness (QED) is 0.0991. The molecule has 5 aromatic rings. The average Bonchev–Trinajstić information content (AvgIpc) is 3.78. The summed E-state index contributed by atoms with van der Waals surface area (Å²) in [6.45, 7) is 8.77. The Balaban J connectivity index is 0.000000526. The highest BCUT2D eigenvalue weighted by Gasteiger charge is 2.23. The Morgan fingerprint density at radius 2 is 1.79 bits per heavy atom. The summed E-state index contributed by atoms with van der Waals surface area (Å²) >= 11 is 2.11. The predicted molar refractivity (Wildman–Crippen MR) is 205 cm³/mol. The molecule has 15 nitrogen and oxygen atoms in total. The van der Waals surface area contributed by atoms with Crippen LogP contribution >= 0.6 is 22.7 Å². The van der Waals surface area contributed by atoms with Crippen LogP contribution in [-0.4, -0.2) is 101 Å². The van der Waals surface area contributed by atoms with Gasteiger partial charge in [0, 0.05) is 68.7 Å². The van der Waals surface area contributed by atoms with Crippen molar-refractivity contribution in [1.82, 2.24) is 19.8 Å². The van der Waals surface area contributed by atoms with Crippen molar-refractivity contribution in [3.63, 3.8) is 0 Å². The number of rotatable bonds is 13. The zero-order valence-electron chi connectivity index (χ0n) is 29.4. The van der Waals surface area contributed by atoms with E-state index in [0.717, 1.165) is 50.5 Å². The number of pyridine rings is 1. The van der Waals surface area contributed by atoms with Gasteiger partial charge in [0.25, 0.3) is 20.1 Å². The van der Waals surface area contributed by atoms with E-state index >= 15 is 0 Å². The predicted octanol–water partition coefficient (Wildman–Crippen LogP) is 5.57. The van der Waals surface area contributed by atoms with Gasteiger partial charge in [0.05, 0.1) is 30.6 Å². The molecule has 0 atom stereocenters. The van der Waals surface area contributed by atoms with Crippen LogP contribution in [0, 0.1) is 6.92 Å². The molecule has 0 spiro atoms. The van der Waals surface area contributed by atoms with Crippen LogP contribution in [0.1, 0.15) is 19.0 Å². The van der Waals surface area contributed by atoms with Crippen molar-refractivity contribution in [2.24, 2.45) is 0 Å². The Bertz CT molecular complexity index is 2240. The normalized spacial score (nSPS) is 13.9. The molecule has 6 rings (SSSR count). The van der Waals surface area contributed by atoms with Crippen molar-refractivity contribution in [2.45, 2.75) is 29.4 Å². The minimum absolute atomic E-state index is 0.0112. The molecule has 1 aliphatic rings. The number of likely N-dealkylation sites (N-methyl/N-ethyl adjacent to an activating group) is 1. The zero-order valence-corrected chi connectivity index (χ0v) is 32.7. The molecule has 0 saturated carbocycles. The lowest BCUT2D eigenvalue weighted by Gasteiger charge is -2.32. The first-order valence-electron chi connectivity index (χ1n) is 16.3. The Morgan fingerprint density at radius 1 is 1.02 bits per heavy atom. The molecule has 0 radical (unpaired) electrons. The molecule has 3 aromatic heterocycles. The van der Waals surface area contributed by atoms with E-state index in [4.69, 9.17) is 18.8 Å². The number of hydrogen-bond donors (Lipinski definition) is 3. The molecule has 0 bridgehead atoms. The number of carbonyl (C=O) groups excluding carboxylic acids is 1. The number of anilines is 2. The number of fused-ring (bicyclic) bond motifs is 1. The summed E-state index contributed by atoms with van der Waals surface area (Å²) in [6, 6.07) is 13.4. The van der Waals surface area contributed by atoms with Gasteiger partial charge in [0.15, 0.2) is 20.8 Å². The molecule has 1 amide bonds. The Morgan fingerprint density at radius 3 is 2.45 bits per heavy atom. The summed E-state index contributed by atoms with van der Waals surface area (Å²) in [6.07, 6.45) is 2.55. The number of aromatic nitrogens is 2. The van der Waals surface area contributed by atoms with Crippen LogP contribution in [0.3, 0.4) is 0 Å². The van der Waals surface area contributed by atoms with Crippen molar-refractivity contribution < 1.29 is 40.4 Å². The van der Waals surface area contributed by atoms with Gasteiger partial charge in [0.2, 0.25) is 5.91 Å². The smallest absolute Gasteiger partial charge is 0.295 e. The van der Waals surface area contributed by atoms with Gasteiger partial charge < -0.3 is 29.3 Å². The van der Waals surface area contributed by atoms with Crippen LogP contribution in [0.25, 0.3) is 10.9 Å². The molecule has 0 aliphatic carbocycles. The molecule has 0 unspecified atom stereocenters. The number of thiophene rings is 1. The lowest BCUT2D eigenvalue weighted by molar-refractivity contribution is -0.114. The first-order valence-corrected chi connectivity index (χ1v) is 21.0. The van der Waals surface area contributed by atoms with E-state index in [1.165, 1.54) is 29.7 Å². The van der Waals surface area contributed by atoms with E-state index in [1.54, 1.807) is 55.9 Å². The third-order valence-corrected chi connectivity index (χ3v) is 12.6. The molecule has 1 fully saturated rings. The summed E-state index contributed by atoms with van der Waals surface area (Å²) in [7, 11) is -4.17. The summed E-state index contributed by atoms with van der Waals surface area (Å²) in [5.74, 6) is 1.78. The third-order valence-electron chi connectivity index (χ3n) is 7.85. The minimum atomic E-state index is -3.96. The van der Waals surface area contributed by atoms with Crippen molar-refractivity contribution in [3.8, 4) is 23.0 Å². The number of piperazine rings is 1. The summed E-state index contributed by atoms with van der Waals surface area (Å²) in [5, 5.41) is 6.41. The lowest BCUT2D eigenvalue weighted by Crippen LogP contribution is -2.44. The number of amides is 1. The first-order chi connectivity index (χ1) is 25.2. The van der Waals surface area contributed by atoms with Crippen molar-refractivity contribution in [2.75, 3.05) is 63.5 Å². The van der Waals surface area contributed by atoms with Crippen molar-refractivity contribution in [3.05, 3.63) is 71.2 Å². The van der Waals surface area contributed by atoms with Gasteiger partial charge >= 0.3 is 0 Å². The van der Waals surface area contributed by atoms with E-state index in [0.29, 0.717) is 46.2 Å². The second-order valence-electron chi connectivity index (χ2n) is 11.9. The molecule has 284 valence electrons. The average molecular weight is 805 g/mol. The number of nitrogens with one attached hydrogen (secondary N) is 2. The van der Waals surface area contributed by atoms with E-state index in [1.807, 2.05) is 12.1 Å². The summed E-state index contributed by atoms with van der Waals surface area (Å²) in [4.78, 5) is 24.8. The highest BCUT2D eigenvalue weighted by atomic mass is 32.2. The van der Waals surface area contributed by atoms with Crippen LogP contribution in [0.4, 0.5) is 10.8 Å². The molecule has 53 heavy (non-hydrogen) atoms. The summed E-state index contributed by atoms with van der Waals surface area (Å²) < 4.78 is 75.6. The first kappa shape index (κ1) is 39.8. The van der Waals surface area contributed by atoms with E-state index < -0.39 is 20.1 Å². The van der Waals surface area contributed by atoms with E-state index in [-0.39, 0.29) is 25.8 Å². The summed E-state index contributed by atoms with van der Waals surface area (Å²) in [5.41, 5.74) is 1.26. The zero-order chi connectivity index (χ0) is 38.2. The van der Waals surface area contributed by atoms with Crippen LogP contribution in [0.2, 0.25) is 0 Å². The Hall–Kier alpha value is -4.37. The van der Waals surface area contributed by atoms with Gasteiger partial charge in [-0.1, -0.05) is 17.4 Å². The number of carbonyl (C=O) groups is 1. The standard InChI is InChI=1S/C30H36N6O6S2.C4H4O3S2/c1-20-29(43-30(32-20)33-21(2)37)44(38,39)34-22-7-5-8-23(17-22)42-26-9-10-31-25-19-28(27(40-4)18-24(25)26)41-16-6-11-36-14-12-35(3)13-15-36;5-9(6,7)4-1-2-8-3-4/h5,7-10,17-19,34H,6,11-16H2,1-4H3,(H,32,33,37);1-3H,(H,5,6,7). The van der Waals surface area contributed by atoms with Crippen LogP contribution in [0.5, 0.6) is 23.0 Å². The van der Waals surface area contributed by atoms with Gasteiger partial charge in [-0.15, -0.1) is 0 Å². The van der Waals surface area contributed by atoms with Crippen LogP contribution < -0.4 is 24.2 Å². The molecule has 3 N–H and O–H groups in total. The number of ether oxygens (including phenoxy) is 3. The SMILES string of the molecule is COc1cc2c(Oc3cccc(NS(=O)(=O)c4sc(NC(C)=O)nc4C)c3)ccnc2cc1OCCCN1CCN(C)CC1.O=S(=O)(O)c1ccsc1. The molecule has 4 heterocycles. The maximum absolute atomic E-state index is 13.1. The maximum atomic E-state index is 13.1. The number of sulfonamides is 1. The number of thiazole rings is 1. The lowest BCUT2D eigenvalue weighted by atomic mass is 10.1. The van der Waals surface area contributed by atoms with E-state index in [2.05, 4.69) is 36.9 Å². The second-order valence-corrected chi connectivity index (χ2v) is 17.0. The molecule has 1 saturated heterocycles. The monoisotopic (exact) mass is 804 g/mol. The Kier molecular flexibility index (Phi) is 13.3. The molecular weight excluding hydrogens is 765 g/mol. The van der Waals surface area contributed by atoms with Gasteiger partial charge in [0.1, 0.15) is 16.4 Å². The number of benzene rings is 2. The fourth-order valence-corrected chi connectivity index (χ4v) is 9.22. The van der Waals surface area contributed by atoms with Gasteiger partial charge in [-0.2, -0.15) is 19.8 Å². The number of hydrogen-bond acceptors (Lipinski definition) is 14. The highest BCUT2D eigenvalue weighted by molar-refractivity contribution is 7.94. The Labute approximate surface area is 316 Å². The van der Waals surface area contributed by atoms with Crippen LogP contribution in [0.15, 0.2) is 74.6 Å². The largest absolute Gasteiger partial charge is 0.493 e. The van der Waals surface area contributed by atoms with E-state index in [9.17, 15) is 21.6 Å². The molecule has 1 aliphatic heterocycles. The van der Waals surface area contributed by atoms with Crippen LogP contribution in [-0.2, 0) is 24.9 Å². The van der Waals surface area contributed by atoms with Crippen molar-refractivity contribution >= 4 is 70.4 Å².